The third-order valence-corrected chi connectivity index (χ3v) is 6.45. The number of aromatic nitrogens is 6. The number of fused-ring (bicyclic) bond motifs is 1. The highest BCUT2D eigenvalue weighted by molar-refractivity contribution is 6.03. The molecular weight excluding hydrogens is 518 g/mol. The van der Waals surface area contributed by atoms with Crippen LogP contribution in [-0.4, -0.2) is 41.2 Å². The number of nitrogens with two attached hydrogens (primary N) is 1. The fourth-order valence-corrected chi connectivity index (χ4v) is 4.58. The number of benzene rings is 2. The van der Waals surface area contributed by atoms with Gasteiger partial charge in [-0.2, -0.15) is 10.2 Å². The zero-order valence-electron chi connectivity index (χ0n) is 22.9. The molecule has 0 spiro atoms. The van der Waals surface area contributed by atoms with Crippen LogP contribution < -0.4 is 16.6 Å². The van der Waals surface area contributed by atoms with Gasteiger partial charge in [-0.1, -0.05) is 49.1 Å². The molecule has 1 amide bonds. The summed E-state index contributed by atoms with van der Waals surface area (Å²) >= 11 is 0. The average molecular weight is 548 g/mol. The van der Waals surface area contributed by atoms with Gasteiger partial charge in [-0.3, -0.25) is 18.8 Å². The molecule has 0 fully saturated rings. The number of hydrogen-bond donors (Lipinski definition) is 2. The molecule has 5 rings (SSSR count). The van der Waals surface area contributed by atoms with E-state index in [9.17, 15) is 9.59 Å². The minimum absolute atomic E-state index is 0.0321. The van der Waals surface area contributed by atoms with E-state index in [1.807, 2.05) is 73.9 Å². The van der Waals surface area contributed by atoms with Gasteiger partial charge in [0.2, 0.25) is 0 Å². The fourth-order valence-electron chi connectivity index (χ4n) is 4.58. The minimum atomic E-state index is -0.691. The Labute approximate surface area is 236 Å². The van der Waals surface area contributed by atoms with Crippen LogP contribution in [0.5, 0.6) is 0 Å². The van der Waals surface area contributed by atoms with Gasteiger partial charge in [0.05, 0.1) is 28.3 Å². The number of carbonyl (C=O) groups is 1. The lowest BCUT2D eigenvalue weighted by atomic mass is 10.1. The van der Waals surface area contributed by atoms with Gasteiger partial charge in [-0.15, -0.1) is 0 Å². The maximum absolute atomic E-state index is 14.2. The van der Waals surface area contributed by atoms with Crippen LogP contribution in [0.25, 0.3) is 28.7 Å². The molecule has 0 saturated heterocycles. The first-order valence-electron chi connectivity index (χ1n) is 12.9. The first-order valence-corrected chi connectivity index (χ1v) is 12.9. The second-order valence-corrected chi connectivity index (χ2v) is 9.35. The minimum Gasteiger partial charge on any atom is -0.381 e. The molecule has 11 nitrogen and oxygen atoms in total. The zero-order chi connectivity index (χ0) is 29.1. The molecule has 11 heteroatoms. The van der Waals surface area contributed by atoms with Crippen LogP contribution in [0.1, 0.15) is 40.4 Å². The van der Waals surface area contributed by atoms with Crippen molar-refractivity contribution in [3.05, 3.63) is 106 Å². The van der Waals surface area contributed by atoms with E-state index >= 15 is 0 Å². The predicted molar refractivity (Wildman–Crippen MR) is 161 cm³/mol. The third kappa shape index (κ3) is 5.33. The number of nitrogens with one attached hydrogen (secondary N) is 1. The molecule has 0 aliphatic rings. The number of anilines is 1. The van der Waals surface area contributed by atoms with Crippen LogP contribution in [0.4, 0.5) is 11.6 Å². The SMILES string of the molecule is C=C/C=N\c1c(C(=O)NC(C)c2nc3cccc(/C=C/c4ccn(C)n4)c3c(=O)n2-c2ccccc2)c(N)nn1C. The Bertz CT molecular complexity index is 1880. The summed E-state index contributed by atoms with van der Waals surface area (Å²) < 4.78 is 4.65. The second-order valence-electron chi connectivity index (χ2n) is 9.35. The molecule has 0 bridgehead atoms. The molecule has 1 atom stereocenters. The number of rotatable bonds is 8. The predicted octanol–water partition coefficient (Wildman–Crippen LogP) is 3.98. The van der Waals surface area contributed by atoms with Crippen molar-refractivity contribution in [2.45, 2.75) is 13.0 Å². The topological polar surface area (TPSA) is 138 Å². The number of amides is 1. The summed E-state index contributed by atoms with van der Waals surface area (Å²) in [5, 5.41) is 11.9. The van der Waals surface area contributed by atoms with Crippen molar-refractivity contribution in [1.82, 2.24) is 34.4 Å². The molecule has 0 saturated carbocycles. The highest BCUT2D eigenvalue weighted by atomic mass is 16.2. The standard InChI is InChI=1S/C30H29N9O2/c1-5-17-32-28-25(26(31)36-38(28)4)29(40)33-19(2)27-34-23-13-9-10-20(14-15-21-16-18-37(3)35-21)24(23)30(41)39(27)22-11-7-6-8-12-22/h5-19H,1H2,2-4H3,(H2,31,36)(H,33,40)/b15-14+,32-17-. The number of para-hydroxylation sites is 1. The summed E-state index contributed by atoms with van der Waals surface area (Å²) in [5.41, 5.74) is 8.49. The Balaban J connectivity index is 1.62. The van der Waals surface area contributed by atoms with Gasteiger partial charge in [0, 0.05) is 26.5 Å². The molecule has 5 aromatic rings. The molecular formula is C30H29N9O2. The lowest BCUT2D eigenvalue weighted by Gasteiger charge is -2.20. The number of aliphatic imine (C=N–C) groups is 1. The normalized spacial score (nSPS) is 12.4. The van der Waals surface area contributed by atoms with E-state index in [0.29, 0.717) is 28.0 Å². The van der Waals surface area contributed by atoms with E-state index in [0.717, 1.165) is 5.69 Å². The summed E-state index contributed by atoms with van der Waals surface area (Å²) in [6.07, 6.45) is 8.49. The summed E-state index contributed by atoms with van der Waals surface area (Å²) in [5.74, 6) is 0.167. The van der Waals surface area contributed by atoms with Gasteiger partial charge in [0.15, 0.2) is 11.6 Å². The molecule has 2 aromatic carbocycles. The maximum atomic E-state index is 14.2. The van der Waals surface area contributed by atoms with Gasteiger partial charge >= 0.3 is 0 Å². The lowest BCUT2D eigenvalue weighted by Crippen LogP contribution is -2.33. The van der Waals surface area contributed by atoms with Gasteiger partial charge in [0.1, 0.15) is 11.4 Å². The van der Waals surface area contributed by atoms with E-state index in [2.05, 4.69) is 27.1 Å². The quantitative estimate of drug-likeness (QED) is 0.282. The Morgan fingerprint density at radius 2 is 1.85 bits per heavy atom. The number of nitrogen functional groups attached to an aromatic ring is 1. The van der Waals surface area contributed by atoms with Crippen molar-refractivity contribution in [1.29, 1.82) is 0 Å². The summed E-state index contributed by atoms with van der Waals surface area (Å²) in [4.78, 5) is 36.7. The first-order chi connectivity index (χ1) is 19.8. The highest BCUT2D eigenvalue weighted by Gasteiger charge is 2.25. The van der Waals surface area contributed by atoms with Crippen molar-refractivity contribution in [2.75, 3.05) is 5.73 Å². The third-order valence-electron chi connectivity index (χ3n) is 6.45. The van der Waals surface area contributed by atoms with Gasteiger partial charge in [-0.25, -0.2) is 14.7 Å². The Morgan fingerprint density at radius 3 is 2.56 bits per heavy atom. The van der Waals surface area contributed by atoms with Gasteiger partial charge in [-0.05, 0) is 42.8 Å². The van der Waals surface area contributed by atoms with E-state index in [4.69, 9.17) is 10.7 Å². The van der Waals surface area contributed by atoms with E-state index in [-0.39, 0.29) is 22.8 Å². The van der Waals surface area contributed by atoms with Crippen LogP contribution >= 0.6 is 0 Å². The molecule has 3 N–H and O–H groups in total. The maximum Gasteiger partial charge on any atom is 0.266 e. The highest BCUT2D eigenvalue weighted by Crippen LogP contribution is 2.26. The first kappa shape index (κ1) is 27.0. The van der Waals surface area contributed by atoms with Gasteiger partial charge < -0.3 is 11.1 Å². The van der Waals surface area contributed by atoms with Crippen LogP contribution in [0.3, 0.4) is 0 Å². The monoisotopic (exact) mass is 547 g/mol. The largest absolute Gasteiger partial charge is 0.381 e. The Hall–Kier alpha value is -5.58. The molecule has 1 unspecified atom stereocenters. The molecule has 3 heterocycles. The van der Waals surface area contributed by atoms with Crippen LogP contribution in [0, 0.1) is 0 Å². The molecule has 0 aliphatic carbocycles. The smallest absolute Gasteiger partial charge is 0.266 e. The van der Waals surface area contributed by atoms with E-state index in [1.165, 1.54) is 21.5 Å². The van der Waals surface area contributed by atoms with E-state index in [1.54, 1.807) is 24.7 Å². The fraction of sp³-hybridized carbons (Fsp3) is 0.133. The molecule has 3 aromatic heterocycles. The Kier molecular flexibility index (Phi) is 7.42. The summed E-state index contributed by atoms with van der Waals surface area (Å²) in [6, 6.07) is 15.9. The van der Waals surface area contributed by atoms with Crippen molar-refractivity contribution in [2.24, 2.45) is 19.1 Å². The average Bonchev–Trinajstić information content (AvgIpc) is 3.51. The van der Waals surface area contributed by atoms with Crippen LogP contribution in [-0.2, 0) is 14.1 Å². The summed E-state index contributed by atoms with van der Waals surface area (Å²) in [7, 11) is 3.49. The molecule has 41 heavy (non-hydrogen) atoms. The number of allylic oxidation sites excluding steroid dienone is 1. The van der Waals surface area contributed by atoms with Crippen molar-refractivity contribution in [3.8, 4) is 5.69 Å². The second kappa shape index (κ2) is 11.3. The zero-order valence-corrected chi connectivity index (χ0v) is 22.9. The van der Waals surface area contributed by atoms with E-state index < -0.39 is 11.9 Å². The van der Waals surface area contributed by atoms with Crippen LogP contribution in [0.15, 0.2) is 83.2 Å². The Morgan fingerprint density at radius 1 is 1.07 bits per heavy atom. The van der Waals surface area contributed by atoms with Crippen LogP contribution in [0.2, 0.25) is 0 Å². The van der Waals surface area contributed by atoms with Crippen molar-refractivity contribution < 1.29 is 4.79 Å². The number of aryl methyl sites for hydroxylation is 2. The molecule has 0 radical (unpaired) electrons. The number of hydrogen-bond acceptors (Lipinski definition) is 7. The summed E-state index contributed by atoms with van der Waals surface area (Å²) in [6.45, 7) is 5.38. The van der Waals surface area contributed by atoms with Crippen molar-refractivity contribution >= 4 is 46.8 Å². The lowest BCUT2D eigenvalue weighted by molar-refractivity contribution is 0.0939. The number of carbonyl (C=O) groups excluding carboxylic acids is 1. The number of nitrogens with zero attached hydrogens (tertiary/aromatic N) is 7. The van der Waals surface area contributed by atoms with Gasteiger partial charge in [0.25, 0.3) is 11.5 Å². The van der Waals surface area contributed by atoms with Crippen molar-refractivity contribution in [3.63, 3.8) is 0 Å². The molecule has 206 valence electrons. The molecule has 0 aliphatic heterocycles.